The molecule has 0 unspecified atom stereocenters. The molecule has 2 N–H and O–H groups in total. The number of hydrogen-bond donors (Lipinski definition) is 2. The van der Waals surface area contributed by atoms with Crippen LogP contribution in [0, 0.1) is 13.8 Å². The average molecular weight is 562 g/mol. The van der Waals surface area contributed by atoms with Gasteiger partial charge in [-0.05, 0) is 44.6 Å². The minimum Gasteiger partial charge on any atom is -0.493 e. The number of nitrogens with zero attached hydrogens (tertiary/aromatic N) is 3. The monoisotopic (exact) mass is 561 g/mol. The average Bonchev–Trinajstić information content (AvgIpc) is 3.08. The summed E-state index contributed by atoms with van der Waals surface area (Å²) in [6.07, 6.45) is 0. The Bertz CT molecular complexity index is 824. The summed E-state index contributed by atoms with van der Waals surface area (Å²) in [5.74, 6) is 2.26. The maximum absolute atomic E-state index is 5.94. The first kappa shape index (κ1) is 27.4. The molecule has 0 spiro atoms. The summed E-state index contributed by atoms with van der Waals surface area (Å²) in [6.45, 7) is 13.3. The number of nitrogens with one attached hydrogen (secondary N) is 2. The fourth-order valence-electron chi connectivity index (χ4n) is 3.07. The van der Waals surface area contributed by atoms with Gasteiger partial charge in [-0.25, -0.2) is 4.98 Å². The lowest BCUT2D eigenvalue weighted by molar-refractivity contribution is 0.217. The SMILES string of the molecule is CCN(CC)CCOc1ccc(CNC(=NC)NCc2sc(C)nc2C)cc1OC.I. The number of rotatable bonds is 11. The van der Waals surface area contributed by atoms with Gasteiger partial charge in [-0.15, -0.1) is 35.3 Å². The highest BCUT2D eigenvalue weighted by atomic mass is 127. The number of hydrogen-bond acceptors (Lipinski definition) is 6. The molecule has 0 radical (unpaired) electrons. The molecule has 9 heteroatoms. The summed E-state index contributed by atoms with van der Waals surface area (Å²) in [7, 11) is 3.44. The Morgan fingerprint density at radius 1 is 1.13 bits per heavy atom. The highest BCUT2D eigenvalue weighted by Crippen LogP contribution is 2.28. The predicted molar refractivity (Wildman–Crippen MR) is 140 cm³/mol. The zero-order chi connectivity index (χ0) is 21.9. The van der Waals surface area contributed by atoms with E-state index in [9.17, 15) is 0 Å². The summed E-state index contributed by atoms with van der Waals surface area (Å²) in [5.41, 5.74) is 2.16. The third kappa shape index (κ3) is 8.82. The molecule has 0 fully saturated rings. The van der Waals surface area contributed by atoms with Crippen LogP contribution in [0.15, 0.2) is 23.2 Å². The number of halogens is 1. The minimum atomic E-state index is 0. The molecule has 0 aliphatic carbocycles. The molecule has 0 aliphatic rings. The van der Waals surface area contributed by atoms with E-state index in [2.05, 4.69) is 39.4 Å². The maximum Gasteiger partial charge on any atom is 0.191 e. The second-order valence-corrected chi connectivity index (χ2v) is 8.17. The van der Waals surface area contributed by atoms with Crippen molar-refractivity contribution >= 4 is 41.3 Å². The molecule has 2 aromatic rings. The highest BCUT2D eigenvalue weighted by Gasteiger charge is 2.09. The van der Waals surface area contributed by atoms with Crippen LogP contribution in [0.2, 0.25) is 0 Å². The number of guanidine groups is 1. The van der Waals surface area contributed by atoms with Gasteiger partial charge in [0.25, 0.3) is 0 Å². The van der Waals surface area contributed by atoms with Crippen molar-refractivity contribution in [1.29, 1.82) is 0 Å². The first-order valence-corrected chi connectivity index (χ1v) is 11.2. The fourth-order valence-corrected chi connectivity index (χ4v) is 3.95. The van der Waals surface area contributed by atoms with Crippen molar-refractivity contribution in [3.63, 3.8) is 0 Å². The molecule has 0 amide bonds. The van der Waals surface area contributed by atoms with E-state index in [1.54, 1.807) is 25.5 Å². The van der Waals surface area contributed by atoms with Crippen molar-refractivity contribution in [3.8, 4) is 11.5 Å². The molecule has 0 atom stereocenters. The molecule has 0 saturated heterocycles. The predicted octanol–water partition coefficient (Wildman–Crippen LogP) is 3.97. The number of aromatic nitrogens is 1. The van der Waals surface area contributed by atoms with Crippen molar-refractivity contribution in [1.82, 2.24) is 20.5 Å². The zero-order valence-electron chi connectivity index (χ0n) is 19.4. The number of thiazole rings is 1. The van der Waals surface area contributed by atoms with Crippen LogP contribution in [0.25, 0.3) is 0 Å². The van der Waals surface area contributed by atoms with Gasteiger partial charge in [-0.3, -0.25) is 4.99 Å². The van der Waals surface area contributed by atoms with E-state index in [1.807, 2.05) is 32.0 Å². The fraction of sp³-hybridized carbons (Fsp3) is 0.545. The van der Waals surface area contributed by atoms with E-state index in [-0.39, 0.29) is 24.0 Å². The molecule has 1 heterocycles. The normalized spacial score (nSPS) is 11.3. The summed E-state index contributed by atoms with van der Waals surface area (Å²) in [6, 6.07) is 6.02. The van der Waals surface area contributed by atoms with Crippen LogP contribution in [0.4, 0.5) is 0 Å². The lowest BCUT2D eigenvalue weighted by Gasteiger charge is -2.19. The lowest BCUT2D eigenvalue weighted by Crippen LogP contribution is -2.36. The smallest absolute Gasteiger partial charge is 0.191 e. The Labute approximate surface area is 207 Å². The van der Waals surface area contributed by atoms with Crippen molar-refractivity contribution < 1.29 is 9.47 Å². The lowest BCUT2D eigenvalue weighted by atomic mass is 10.2. The van der Waals surface area contributed by atoms with Crippen LogP contribution in [0.1, 0.15) is 35.0 Å². The van der Waals surface area contributed by atoms with Crippen molar-refractivity contribution in [2.75, 3.05) is 40.4 Å². The molecule has 7 nitrogen and oxygen atoms in total. The summed E-state index contributed by atoms with van der Waals surface area (Å²) in [5, 5.41) is 7.78. The number of aryl methyl sites for hydroxylation is 2. The molecule has 0 saturated carbocycles. The second kappa shape index (κ2) is 14.5. The van der Waals surface area contributed by atoms with Gasteiger partial charge in [0.2, 0.25) is 0 Å². The first-order valence-electron chi connectivity index (χ1n) is 10.4. The second-order valence-electron chi connectivity index (χ2n) is 6.88. The van der Waals surface area contributed by atoms with Gasteiger partial charge in [0.05, 0.1) is 24.4 Å². The molecule has 2 rings (SSSR count). The number of methoxy groups -OCH3 is 1. The topological polar surface area (TPSA) is 71.0 Å². The Hall–Kier alpha value is -1.59. The quantitative estimate of drug-likeness (QED) is 0.246. The van der Waals surface area contributed by atoms with Crippen molar-refractivity contribution in [3.05, 3.63) is 39.3 Å². The standard InChI is InChI=1S/C22H35N5O2S.HI/c1-7-27(8-2)11-12-29-19-10-9-18(13-20(19)28-6)14-24-22(23-5)25-15-21-16(3)26-17(4)30-21;/h9-10,13H,7-8,11-12,14-15H2,1-6H3,(H2,23,24,25);1H. The van der Waals surface area contributed by atoms with Gasteiger partial charge >= 0.3 is 0 Å². The molecule has 174 valence electrons. The van der Waals surface area contributed by atoms with Crippen LogP contribution in [0.3, 0.4) is 0 Å². The van der Waals surface area contributed by atoms with Crippen LogP contribution >= 0.6 is 35.3 Å². The summed E-state index contributed by atoms with van der Waals surface area (Å²) in [4.78, 5) is 12.3. The van der Waals surface area contributed by atoms with Gasteiger partial charge < -0.3 is 25.0 Å². The Kier molecular flexibility index (Phi) is 12.8. The van der Waals surface area contributed by atoms with Crippen molar-refractivity contribution in [2.24, 2.45) is 4.99 Å². The van der Waals surface area contributed by atoms with Gasteiger partial charge in [-0.2, -0.15) is 0 Å². The van der Waals surface area contributed by atoms with E-state index in [0.29, 0.717) is 19.7 Å². The summed E-state index contributed by atoms with van der Waals surface area (Å²) < 4.78 is 11.5. The Morgan fingerprint density at radius 2 is 1.84 bits per heavy atom. The van der Waals surface area contributed by atoms with E-state index in [0.717, 1.165) is 53.4 Å². The molecule has 1 aromatic heterocycles. The molecular formula is C22H36IN5O2S. The van der Waals surface area contributed by atoms with E-state index in [1.165, 1.54) is 4.88 Å². The summed E-state index contributed by atoms with van der Waals surface area (Å²) >= 11 is 1.71. The van der Waals surface area contributed by atoms with Crippen molar-refractivity contribution in [2.45, 2.75) is 40.8 Å². The molecule has 0 aliphatic heterocycles. The first-order chi connectivity index (χ1) is 14.5. The molecule has 0 bridgehead atoms. The number of aliphatic imine (C=N–C) groups is 1. The van der Waals surface area contributed by atoms with Gasteiger partial charge in [0.1, 0.15) is 6.61 Å². The van der Waals surface area contributed by atoms with Crippen LogP contribution < -0.4 is 20.1 Å². The van der Waals surface area contributed by atoms with Gasteiger partial charge in [0.15, 0.2) is 17.5 Å². The number of ether oxygens (including phenoxy) is 2. The van der Waals surface area contributed by atoms with E-state index < -0.39 is 0 Å². The molecule has 1 aromatic carbocycles. The van der Waals surface area contributed by atoms with Crippen LogP contribution in [-0.4, -0.2) is 56.2 Å². The number of likely N-dealkylation sites (N-methyl/N-ethyl adjacent to an activating group) is 1. The molecule has 31 heavy (non-hydrogen) atoms. The largest absolute Gasteiger partial charge is 0.493 e. The highest BCUT2D eigenvalue weighted by molar-refractivity contribution is 14.0. The Balaban J connectivity index is 0.00000480. The van der Waals surface area contributed by atoms with Crippen LogP contribution in [-0.2, 0) is 13.1 Å². The van der Waals surface area contributed by atoms with Gasteiger partial charge in [-0.1, -0.05) is 19.9 Å². The number of benzene rings is 1. The third-order valence-corrected chi connectivity index (χ3v) is 5.96. The molecular weight excluding hydrogens is 525 g/mol. The zero-order valence-corrected chi connectivity index (χ0v) is 22.6. The van der Waals surface area contributed by atoms with Gasteiger partial charge in [0, 0.05) is 25.0 Å². The third-order valence-electron chi connectivity index (χ3n) is 4.89. The Morgan fingerprint density at radius 3 is 2.42 bits per heavy atom. The van der Waals surface area contributed by atoms with E-state index >= 15 is 0 Å². The minimum absolute atomic E-state index is 0. The maximum atomic E-state index is 5.94. The van der Waals surface area contributed by atoms with Crippen LogP contribution in [0.5, 0.6) is 11.5 Å². The van der Waals surface area contributed by atoms with E-state index in [4.69, 9.17) is 9.47 Å².